The molecule has 0 fully saturated rings. The van der Waals surface area contributed by atoms with Gasteiger partial charge in [0.25, 0.3) is 0 Å². The Morgan fingerprint density at radius 1 is 1.04 bits per heavy atom. The summed E-state index contributed by atoms with van der Waals surface area (Å²) in [5.41, 5.74) is 0.923. The van der Waals surface area contributed by atoms with Crippen molar-refractivity contribution in [3.05, 3.63) is 83.9 Å². The molecule has 27 heavy (non-hydrogen) atoms. The van der Waals surface area contributed by atoms with Crippen molar-refractivity contribution < 1.29 is 5.11 Å². The van der Waals surface area contributed by atoms with Gasteiger partial charge in [-0.1, -0.05) is 72.8 Å². The van der Waals surface area contributed by atoms with Crippen LogP contribution in [0.25, 0.3) is 0 Å². The van der Waals surface area contributed by atoms with Gasteiger partial charge < -0.3 is 15.7 Å². The number of aliphatic hydroxyl groups is 1. The van der Waals surface area contributed by atoms with Crippen molar-refractivity contribution in [2.24, 2.45) is 4.99 Å². The first-order chi connectivity index (χ1) is 13.2. The summed E-state index contributed by atoms with van der Waals surface area (Å²) in [5, 5.41) is 18.3. The first-order valence-electron chi connectivity index (χ1n) is 9.71. The first-order valence-corrected chi connectivity index (χ1v) is 9.71. The smallest absolute Gasteiger partial charge is 0.191 e. The van der Waals surface area contributed by atoms with Gasteiger partial charge in [0, 0.05) is 19.0 Å². The summed E-state index contributed by atoms with van der Waals surface area (Å²) in [6.45, 7) is 3.13. The Morgan fingerprint density at radius 3 is 2.30 bits per heavy atom. The number of benzene rings is 2. The number of nitrogens with zero attached hydrogens (tertiary/aromatic N) is 1. The standard InChI is InChI=1S/C23H29N3O/c1-2-24-22(26-21-15-9-10-16-21)25-18-23(27,20-13-7-4-8-14-20)17-19-11-5-3-6-12-19/h3-14,21,27H,2,15-18H2,1H3,(H2,24,25,26). The third-order valence-corrected chi connectivity index (χ3v) is 4.84. The molecule has 4 heteroatoms. The van der Waals surface area contributed by atoms with Crippen molar-refractivity contribution in [3.8, 4) is 0 Å². The molecule has 2 aromatic rings. The molecule has 1 aliphatic carbocycles. The third-order valence-electron chi connectivity index (χ3n) is 4.84. The van der Waals surface area contributed by atoms with E-state index in [1.54, 1.807) is 0 Å². The highest BCUT2D eigenvalue weighted by molar-refractivity contribution is 5.80. The lowest BCUT2D eigenvalue weighted by Crippen LogP contribution is -2.44. The van der Waals surface area contributed by atoms with Gasteiger partial charge in [-0.05, 0) is 30.9 Å². The lowest BCUT2D eigenvalue weighted by molar-refractivity contribution is 0.0467. The summed E-state index contributed by atoms with van der Waals surface area (Å²) in [6, 6.07) is 20.3. The van der Waals surface area contributed by atoms with E-state index in [4.69, 9.17) is 4.99 Å². The van der Waals surface area contributed by atoms with E-state index in [1.165, 1.54) is 0 Å². The first kappa shape index (κ1) is 19.2. The maximum absolute atomic E-state index is 11.5. The molecule has 0 spiro atoms. The maximum Gasteiger partial charge on any atom is 0.191 e. The Bertz CT molecular complexity index is 750. The van der Waals surface area contributed by atoms with Gasteiger partial charge in [-0.3, -0.25) is 0 Å². The molecule has 0 bridgehead atoms. The topological polar surface area (TPSA) is 56.7 Å². The summed E-state index contributed by atoms with van der Waals surface area (Å²) in [7, 11) is 0. The van der Waals surface area contributed by atoms with Crippen LogP contribution in [0.15, 0.2) is 77.8 Å². The fraction of sp³-hybridized carbons (Fsp3) is 0.348. The fourth-order valence-electron chi connectivity index (χ4n) is 3.39. The second-order valence-electron chi connectivity index (χ2n) is 7.04. The van der Waals surface area contributed by atoms with Crippen LogP contribution in [0, 0.1) is 0 Å². The Balaban J connectivity index is 1.80. The number of aliphatic imine (C=N–C) groups is 1. The van der Waals surface area contributed by atoms with E-state index in [-0.39, 0.29) is 0 Å². The summed E-state index contributed by atoms with van der Waals surface area (Å²) < 4.78 is 0. The lowest BCUT2D eigenvalue weighted by atomic mass is 9.87. The quantitative estimate of drug-likeness (QED) is 0.401. The Morgan fingerprint density at radius 2 is 1.67 bits per heavy atom. The third kappa shape index (κ3) is 5.44. The van der Waals surface area contributed by atoms with Crippen molar-refractivity contribution >= 4 is 5.96 Å². The zero-order chi connectivity index (χ0) is 19.0. The number of nitrogens with one attached hydrogen (secondary N) is 2. The number of hydrogen-bond acceptors (Lipinski definition) is 2. The van der Waals surface area contributed by atoms with E-state index in [1.807, 2.05) is 60.7 Å². The average molecular weight is 364 g/mol. The molecule has 0 saturated carbocycles. The van der Waals surface area contributed by atoms with E-state index in [0.29, 0.717) is 19.0 Å². The molecule has 4 nitrogen and oxygen atoms in total. The van der Waals surface area contributed by atoms with Gasteiger partial charge in [-0.15, -0.1) is 0 Å². The van der Waals surface area contributed by atoms with Gasteiger partial charge in [0.15, 0.2) is 5.96 Å². The zero-order valence-corrected chi connectivity index (χ0v) is 15.9. The minimum Gasteiger partial charge on any atom is -0.383 e. The maximum atomic E-state index is 11.5. The monoisotopic (exact) mass is 363 g/mol. The summed E-state index contributed by atoms with van der Waals surface area (Å²) in [5.74, 6) is 0.758. The molecule has 0 amide bonds. The molecule has 1 atom stereocenters. The van der Waals surface area contributed by atoms with Crippen LogP contribution >= 0.6 is 0 Å². The van der Waals surface area contributed by atoms with Crippen molar-refractivity contribution in [3.63, 3.8) is 0 Å². The van der Waals surface area contributed by atoms with Crippen LogP contribution in [0.2, 0.25) is 0 Å². The van der Waals surface area contributed by atoms with E-state index in [9.17, 15) is 5.11 Å². The average Bonchev–Trinajstić information content (AvgIpc) is 3.21. The predicted molar refractivity (Wildman–Crippen MR) is 112 cm³/mol. The SMILES string of the molecule is CCNC(=NCC(O)(Cc1ccccc1)c1ccccc1)NC1CC=CC1. The van der Waals surface area contributed by atoms with E-state index < -0.39 is 5.60 Å². The second kappa shape index (κ2) is 9.38. The molecule has 0 saturated heterocycles. The zero-order valence-electron chi connectivity index (χ0n) is 15.9. The van der Waals surface area contributed by atoms with Crippen molar-refractivity contribution in [2.75, 3.05) is 13.1 Å². The number of hydrogen-bond donors (Lipinski definition) is 3. The molecule has 1 aliphatic rings. The normalized spacial score (nSPS) is 16.9. The largest absolute Gasteiger partial charge is 0.383 e. The summed E-state index contributed by atoms with van der Waals surface area (Å²) >= 11 is 0. The Hall–Kier alpha value is -2.59. The van der Waals surface area contributed by atoms with E-state index >= 15 is 0 Å². The van der Waals surface area contributed by atoms with Gasteiger partial charge >= 0.3 is 0 Å². The fourth-order valence-corrected chi connectivity index (χ4v) is 3.39. The molecule has 2 aromatic carbocycles. The molecule has 3 rings (SSSR count). The molecular weight excluding hydrogens is 334 g/mol. The summed E-state index contributed by atoms with van der Waals surface area (Å²) in [4.78, 5) is 4.74. The molecule has 1 unspecified atom stereocenters. The molecule has 142 valence electrons. The Kier molecular flexibility index (Phi) is 6.66. The van der Waals surface area contributed by atoms with Crippen LogP contribution in [0.3, 0.4) is 0 Å². The molecule has 0 aromatic heterocycles. The van der Waals surface area contributed by atoms with Gasteiger partial charge in [-0.25, -0.2) is 4.99 Å². The number of rotatable bonds is 7. The van der Waals surface area contributed by atoms with Crippen LogP contribution in [-0.2, 0) is 12.0 Å². The lowest BCUT2D eigenvalue weighted by Gasteiger charge is -2.28. The van der Waals surface area contributed by atoms with Gasteiger partial charge in [0.1, 0.15) is 5.60 Å². The molecule has 0 aliphatic heterocycles. The molecule has 0 heterocycles. The predicted octanol–water partition coefficient (Wildman–Crippen LogP) is 3.39. The van der Waals surface area contributed by atoms with Crippen molar-refractivity contribution in [1.82, 2.24) is 10.6 Å². The van der Waals surface area contributed by atoms with Crippen LogP contribution in [0.5, 0.6) is 0 Å². The minimum absolute atomic E-state index is 0.293. The van der Waals surface area contributed by atoms with Crippen LogP contribution in [0.4, 0.5) is 0 Å². The van der Waals surface area contributed by atoms with Crippen LogP contribution in [0.1, 0.15) is 30.9 Å². The number of guanidine groups is 1. The van der Waals surface area contributed by atoms with Crippen molar-refractivity contribution in [1.29, 1.82) is 0 Å². The van der Waals surface area contributed by atoms with Crippen LogP contribution in [-0.4, -0.2) is 30.2 Å². The highest BCUT2D eigenvalue weighted by Crippen LogP contribution is 2.26. The highest BCUT2D eigenvalue weighted by Gasteiger charge is 2.29. The van der Waals surface area contributed by atoms with Crippen molar-refractivity contribution in [2.45, 2.75) is 37.8 Å². The van der Waals surface area contributed by atoms with Gasteiger partial charge in [0.2, 0.25) is 0 Å². The van der Waals surface area contributed by atoms with E-state index in [2.05, 4.69) is 29.7 Å². The molecule has 0 radical (unpaired) electrons. The van der Waals surface area contributed by atoms with E-state index in [0.717, 1.165) is 36.5 Å². The van der Waals surface area contributed by atoms with Gasteiger partial charge in [0.05, 0.1) is 6.54 Å². The summed E-state index contributed by atoms with van der Waals surface area (Å²) in [6.07, 6.45) is 6.92. The van der Waals surface area contributed by atoms with Crippen LogP contribution < -0.4 is 10.6 Å². The second-order valence-corrected chi connectivity index (χ2v) is 7.04. The molecule has 3 N–H and O–H groups in total. The highest BCUT2D eigenvalue weighted by atomic mass is 16.3. The molecular formula is C23H29N3O. The Labute approximate surface area is 162 Å². The van der Waals surface area contributed by atoms with Gasteiger partial charge in [-0.2, -0.15) is 0 Å². The minimum atomic E-state index is -1.06.